The molecular formula is C11H21NS. The molecule has 0 aromatic heterocycles. The number of nitrogens with zero attached hydrogens (tertiary/aromatic N) is 1. The van der Waals surface area contributed by atoms with E-state index in [1.807, 2.05) is 11.8 Å². The maximum absolute atomic E-state index is 5.19. The lowest BCUT2D eigenvalue weighted by Gasteiger charge is -2.20. The van der Waals surface area contributed by atoms with Crippen LogP contribution in [0.3, 0.4) is 0 Å². The van der Waals surface area contributed by atoms with Gasteiger partial charge in [-0.2, -0.15) is 11.8 Å². The molecule has 0 N–H and O–H groups in total. The van der Waals surface area contributed by atoms with Crippen LogP contribution < -0.4 is 0 Å². The van der Waals surface area contributed by atoms with Gasteiger partial charge in [-0.25, -0.2) is 0 Å². The first kappa shape index (κ1) is 12.9. The first-order chi connectivity index (χ1) is 5.95. The van der Waals surface area contributed by atoms with Crippen molar-refractivity contribution in [3.05, 3.63) is 0 Å². The molecule has 76 valence electrons. The van der Waals surface area contributed by atoms with Crippen molar-refractivity contribution in [1.82, 2.24) is 4.90 Å². The normalized spacial score (nSPS) is 11.7. The summed E-state index contributed by atoms with van der Waals surface area (Å²) in [6, 6.07) is 0. The zero-order valence-electron chi connectivity index (χ0n) is 9.26. The van der Waals surface area contributed by atoms with Crippen molar-refractivity contribution in [1.29, 1.82) is 0 Å². The molecular weight excluding hydrogens is 178 g/mol. The van der Waals surface area contributed by atoms with E-state index in [-0.39, 0.29) is 0 Å². The third-order valence-electron chi connectivity index (χ3n) is 1.65. The third kappa shape index (κ3) is 9.79. The predicted octanol–water partition coefficient (Wildman–Crippen LogP) is 2.47. The number of hydrogen-bond donors (Lipinski definition) is 0. The smallest absolute Gasteiger partial charge is 0.0214 e. The van der Waals surface area contributed by atoms with Gasteiger partial charge in [0.2, 0.25) is 0 Å². The monoisotopic (exact) mass is 199 g/mol. The molecule has 0 atom stereocenters. The van der Waals surface area contributed by atoms with Crippen LogP contribution in [0.15, 0.2) is 0 Å². The first-order valence-corrected chi connectivity index (χ1v) is 5.70. The minimum atomic E-state index is 0.382. The zero-order chi connectivity index (χ0) is 10.3. The van der Waals surface area contributed by atoms with Crippen molar-refractivity contribution in [3.8, 4) is 12.3 Å². The minimum absolute atomic E-state index is 0.382. The lowest BCUT2D eigenvalue weighted by Crippen LogP contribution is -2.23. The molecule has 0 spiro atoms. The topological polar surface area (TPSA) is 3.24 Å². The quantitative estimate of drug-likeness (QED) is 0.626. The number of terminal acetylenes is 1. The summed E-state index contributed by atoms with van der Waals surface area (Å²) in [5, 5.41) is 0. The van der Waals surface area contributed by atoms with E-state index in [1.54, 1.807) is 0 Å². The molecule has 0 heterocycles. The molecule has 0 aliphatic rings. The van der Waals surface area contributed by atoms with Crippen molar-refractivity contribution in [2.45, 2.75) is 31.9 Å². The van der Waals surface area contributed by atoms with Crippen molar-refractivity contribution in [2.75, 3.05) is 25.9 Å². The van der Waals surface area contributed by atoms with Gasteiger partial charge < -0.3 is 4.90 Å². The highest BCUT2D eigenvalue weighted by atomic mass is 32.2. The minimum Gasteiger partial charge on any atom is -0.305 e. The second-order valence-electron chi connectivity index (χ2n) is 4.22. The average molecular weight is 199 g/mol. The van der Waals surface area contributed by atoms with Gasteiger partial charge in [0.15, 0.2) is 0 Å². The van der Waals surface area contributed by atoms with Crippen molar-refractivity contribution >= 4 is 11.8 Å². The summed E-state index contributed by atoms with van der Waals surface area (Å²) in [5.74, 6) is 3.84. The molecule has 0 aliphatic carbocycles. The molecule has 0 aromatic rings. The van der Waals surface area contributed by atoms with Crippen LogP contribution in [0.1, 0.15) is 27.2 Å². The Hall–Kier alpha value is -0.130. The van der Waals surface area contributed by atoms with E-state index in [4.69, 9.17) is 6.42 Å². The average Bonchev–Trinajstić information content (AvgIpc) is 1.98. The van der Waals surface area contributed by atoms with Gasteiger partial charge >= 0.3 is 0 Å². The summed E-state index contributed by atoms with van der Waals surface area (Å²) in [7, 11) is 2.13. The van der Waals surface area contributed by atoms with Crippen molar-refractivity contribution < 1.29 is 0 Å². The van der Waals surface area contributed by atoms with E-state index in [0.29, 0.717) is 4.75 Å². The standard InChI is InChI=1S/C11H21NS/c1-6-7-8-12(5)9-10-13-11(2,3)4/h1H,7-10H2,2-5H3. The molecule has 0 saturated carbocycles. The van der Waals surface area contributed by atoms with E-state index in [2.05, 4.69) is 38.6 Å². The van der Waals surface area contributed by atoms with Crippen LogP contribution in [0.4, 0.5) is 0 Å². The maximum Gasteiger partial charge on any atom is 0.0214 e. The molecule has 0 bridgehead atoms. The summed E-state index contributed by atoms with van der Waals surface area (Å²) >= 11 is 2.00. The molecule has 0 amide bonds. The predicted molar refractivity (Wildman–Crippen MR) is 63.2 cm³/mol. The molecule has 0 unspecified atom stereocenters. The van der Waals surface area contributed by atoms with E-state index in [9.17, 15) is 0 Å². The highest BCUT2D eigenvalue weighted by Crippen LogP contribution is 2.22. The van der Waals surface area contributed by atoms with E-state index >= 15 is 0 Å². The molecule has 0 aliphatic heterocycles. The largest absolute Gasteiger partial charge is 0.305 e. The van der Waals surface area contributed by atoms with E-state index in [0.717, 1.165) is 19.5 Å². The Bertz CT molecular complexity index is 164. The van der Waals surface area contributed by atoms with Gasteiger partial charge in [-0.3, -0.25) is 0 Å². The summed E-state index contributed by atoms with van der Waals surface area (Å²) in [5.41, 5.74) is 0. The first-order valence-electron chi connectivity index (χ1n) is 4.71. The van der Waals surface area contributed by atoms with E-state index < -0.39 is 0 Å². The van der Waals surface area contributed by atoms with Crippen molar-refractivity contribution in [3.63, 3.8) is 0 Å². The number of hydrogen-bond acceptors (Lipinski definition) is 2. The Morgan fingerprint density at radius 2 is 1.92 bits per heavy atom. The SMILES string of the molecule is C#CCCN(C)CCSC(C)(C)C. The fourth-order valence-electron chi connectivity index (χ4n) is 0.875. The van der Waals surface area contributed by atoms with Gasteiger partial charge in [0.1, 0.15) is 0 Å². The van der Waals surface area contributed by atoms with Crippen LogP contribution in [0.2, 0.25) is 0 Å². The van der Waals surface area contributed by atoms with Crippen LogP contribution in [0.5, 0.6) is 0 Å². The molecule has 0 rings (SSSR count). The van der Waals surface area contributed by atoms with Gasteiger partial charge in [0, 0.05) is 30.0 Å². The molecule has 0 radical (unpaired) electrons. The summed E-state index contributed by atoms with van der Waals surface area (Å²) in [4.78, 5) is 2.29. The van der Waals surface area contributed by atoms with Gasteiger partial charge in [0.25, 0.3) is 0 Å². The second-order valence-corrected chi connectivity index (χ2v) is 6.14. The lowest BCUT2D eigenvalue weighted by atomic mass is 10.3. The molecule has 13 heavy (non-hydrogen) atoms. The molecule has 0 saturated heterocycles. The second kappa shape index (κ2) is 6.34. The molecule has 0 fully saturated rings. The number of rotatable bonds is 5. The molecule has 0 aromatic carbocycles. The van der Waals surface area contributed by atoms with Gasteiger partial charge in [-0.1, -0.05) is 20.8 Å². The Kier molecular flexibility index (Phi) is 6.28. The Morgan fingerprint density at radius 1 is 1.31 bits per heavy atom. The Labute approximate surface area is 87.3 Å². The Balaban J connectivity index is 3.38. The molecule has 2 heteroatoms. The van der Waals surface area contributed by atoms with Crippen LogP contribution >= 0.6 is 11.8 Å². The highest BCUT2D eigenvalue weighted by Gasteiger charge is 2.10. The van der Waals surface area contributed by atoms with Crippen LogP contribution in [-0.2, 0) is 0 Å². The highest BCUT2D eigenvalue weighted by molar-refractivity contribution is 8.00. The van der Waals surface area contributed by atoms with Gasteiger partial charge in [-0.05, 0) is 7.05 Å². The van der Waals surface area contributed by atoms with Crippen LogP contribution in [0, 0.1) is 12.3 Å². The maximum atomic E-state index is 5.19. The van der Waals surface area contributed by atoms with Crippen LogP contribution in [-0.4, -0.2) is 35.5 Å². The lowest BCUT2D eigenvalue weighted by molar-refractivity contribution is 0.365. The fraction of sp³-hybridized carbons (Fsp3) is 0.818. The van der Waals surface area contributed by atoms with Crippen molar-refractivity contribution in [2.24, 2.45) is 0 Å². The summed E-state index contributed by atoms with van der Waals surface area (Å²) < 4.78 is 0.382. The Morgan fingerprint density at radius 3 is 2.38 bits per heavy atom. The van der Waals surface area contributed by atoms with Gasteiger partial charge in [-0.15, -0.1) is 12.3 Å². The molecule has 1 nitrogen and oxygen atoms in total. The van der Waals surface area contributed by atoms with E-state index in [1.165, 1.54) is 5.75 Å². The van der Waals surface area contributed by atoms with Crippen LogP contribution in [0.25, 0.3) is 0 Å². The zero-order valence-corrected chi connectivity index (χ0v) is 10.1. The fourth-order valence-corrected chi connectivity index (χ4v) is 1.89. The summed E-state index contributed by atoms with van der Waals surface area (Å²) in [6.07, 6.45) is 6.05. The summed E-state index contributed by atoms with van der Waals surface area (Å²) in [6.45, 7) is 8.89. The third-order valence-corrected chi connectivity index (χ3v) is 2.90. The number of thioether (sulfide) groups is 1. The van der Waals surface area contributed by atoms with Gasteiger partial charge in [0.05, 0.1) is 0 Å².